The lowest BCUT2D eigenvalue weighted by molar-refractivity contribution is -0.121. The molecule has 0 aliphatic carbocycles. The molecule has 0 saturated heterocycles. The monoisotopic (exact) mass is 1020 g/mol. The first-order chi connectivity index (χ1) is 36.4. The van der Waals surface area contributed by atoms with E-state index in [9.17, 15) is 28.8 Å². The fraction of sp³-hybridized carbons (Fsp3) is 0.390. The Morgan fingerprint density at radius 3 is 1.33 bits per heavy atom. The quantitative estimate of drug-likeness (QED) is 0.0199. The van der Waals surface area contributed by atoms with Gasteiger partial charge in [0.15, 0.2) is 0 Å². The average molecular weight is 1020 g/mol. The molecule has 16 nitrogen and oxygen atoms in total. The van der Waals surface area contributed by atoms with Gasteiger partial charge in [0.2, 0.25) is 17.7 Å². The highest BCUT2D eigenvalue weighted by Gasteiger charge is 2.25. The van der Waals surface area contributed by atoms with E-state index in [1.165, 1.54) is 28.0 Å². The van der Waals surface area contributed by atoms with E-state index in [-0.39, 0.29) is 62.1 Å². The molecule has 5 rings (SSSR count). The minimum atomic E-state index is -0.579. The second kappa shape index (κ2) is 32.2. The van der Waals surface area contributed by atoms with E-state index in [0.717, 1.165) is 80.0 Å². The molecule has 0 radical (unpaired) electrons. The lowest BCUT2D eigenvalue weighted by Crippen LogP contribution is -2.45. The average Bonchev–Trinajstić information content (AvgIpc) is 3.41. The largest absolute Gasteiger partial charge is 0.354 e. The molecule has 0 aliphatic rings. The minimum absolute atomic E-state index is 0.0828. The maximum Gasteiger partial charge on any atom is 0.254 e. The van der Waals surface area contributed by atoms with E-state index in [4.69, 9.17) is 22.9 Å². The first-order valence-corrected chi connectivity index (χ1v) is 26.5. The van der Waals surface area contributed by atoms with Crippen LogP contribution in [-0.2, 0) is 14.4 Å². The minimum Gasteiger partial charge on any atom is -0.354 e. The Labute approximate surface area is 442 Å². The molecule has 5 aromatic carbocycles. The molecule has 400 valence electrons. The van der Waals surface area contributed by atoms with E-state index < -0.39 is 41.6 Å². The summed E-state index contributed by atoms with van der Waals surface area (Å²) < 4.78 is 0. The van der Waals surface area contributed by atoms with Crippen molar-refractivity contribution in [3.8, 4) is 22.3 Å². The zero-order valence-corrected chi connectivity index (χ0v) is 43.6. The molecule has 75 heavy (non-hydrogen) atoms. The number of benzene rings is 5. The van der Waals surface area contributed by atoms with Gasteiger partial charge in [0, 0.05) is 72.7 Å². The van der Waals surface area contributed by atoms with Gasteiger partial charge in [-0.3, -0.25) is 28.8 Å². The van der Waals surface area contributed by atoms with Gasteiger partial charge in [-0.25, -0.2) is 0 Å². The number of anilines is 2. The van der Waals surface area contributed by atoms with E-state index >= 15 is 0 Å². The lowest BCUT2D eigenvalue weighted by atomic mass is 10.0. The number of rotatable bonds is 32. The predicted molar refractivity (Wildman–Crippen MR) is 300 cm³/mol. The molecule has 0 saturated carbocycles. The number of hydrogen-bond acceptors (Lipinski definition) is 10. The van der Waals surface area contributed by atoms with Crippen molar-refractivity contribution < 1.29 is 28.8 Å². The van der Waals surface area contributed by atoms with Crippen LogP contribution in [0.1, 0.15) is 115 Å². The second-order valence-corrected chi connectivity index (χ2v) is 19.0. The Bertz CT molecular complexity index is 2410. The summed E-state index contributed by atoms with van der Waals surface area (Å²) in [7, 11) is 0. The molecule has 0 heterocycles. The van der Waals surface area contributed by atoms with Gasteiger partial charge in [0.25, 0.3) is 17.7 Å². The van der Waals surface area contributed by atoms with Crippen molar-refractivity contribution in [2.24, 2.45) is 22.9 Å². The van der Waals surface area contributed by atoms with E-state index in [2.05, 4.69) is 28.2 Å². The zero-order valence-electron chi connectivity index (χ0n) is 43.6. The Morgan fingerprint density at radius 1 is 0.467 bits per heavy atom. The van der Waals surface area contributed by atoms with Crippen LogP contribution in [0.15, 0.2) is 127 Å². The van der Waals surface area contributed by atoms with Crippen LogP contribution in [-0.4, -0.2) is 110 Å². The summed E-state index contributed by atoms with van der Waals surface area (Å²) >= 11 is 0. The number of unbranched alkanes of at least 4 members (excludes halogenated alkanes) is 6. The number of amides is 6. The summed E-state index contributed by atoms with van der Waals surface area (Å²) in [5, 5.41) is 11.3. The third kappa shape index (κ3) is 20.5. The van der Waals surface area contributed by atoms with Crippen LogP contribution >= 0.6 is 0 Å². The van der Waals surface area contributed by atoms with Crippen LogP contribution in [0, 0.1) is 0 Å². The third-order valence-electron chi connectivity index (χ3n) is 12.7. The number of nitrogens with zero attached hydrogens (tertiary/aromatic N) is 2. The summed E-state index contributed by atoms with van der Waals surface area (Å²) in [6.07, 6.45) is 9.69. The van der Waals surface area contributed by atoms with Gasteiger partial charge in [-0.1, -0.05) is 130 Å². The fourth-order valence-corrected chi connectivity index (χ4v) is 8.63. The van der Waals surface area contributed by atoms with Gasteiger partial charge in [-0.2, -0.15) is 0 Å². The molecule has 2 atom stereocenters. The molecule has 16 heteroatoms. The van der Waals surface area contributed by atoms with Crippen molar-refractivity contribution in [2.75, 3.05) is 63.0 Å². The molecule has 0 aromatic heterocycles. The first-order valence-electron chi connectivity index (χ1n) is 26.5. The molecule has 5 aromatic rings. The molecule has 0 bridgehead atoms. The van der Waals surface area contributed by atoms with Crippen molar-refractivity contribution in [1.82, 2.24) is 20.4 Å². The zero-order chi connectivity index (χ0) is 53.8. The maximum absolute atomic E-state index is 14.2. The summed E-state index contributed by atoms with van der Waals surface area (Å²) in [6, 6.07) is 37.4. The van der Waals surface area contributed by atoms with Crippen molar-refractivity contribution in [3.63, 3.8) is 0 Å². The highest BCUT2D eigenvalue weighted by atomic mass is 16.2. The summed E-state index contributed by atoms with van der Waals surface area (Å²) in [6.45, 7) is 2.86. The SMILES string of the molecule is CCCCCCCC(=O)NCCNC(=O)c1cc(NC(=O)CN(C[C@@H](N)CCCCN)C(=O)c2ccc(-c3ccccc3)cc2)cc(NC(=O)CN(C[C@@H](N)CCCCN)C(=O)c2ccc(-c3ccccc3)cc2)c1. The van der Waals surface area contributed by atoms with E-state index in [0.29, 0.717) is 43.5 Å². The molecular weight excluding hydrogens is 945 g/mol. The van der Waals surface area contributed by atoms with Crippen molar-refractivity contribution in [2.45, 2.75) is 96.1 Å². The van der Waals surface area contributed by atoms with Crippen LogP contribution in [0.25, 0.3) is 22.3 Å². The van der Waals surface area contributed by atoms with Gasteiger partial charge in [0.05, 0.1) is 0 Å². The molecule has 0 spiro atoms. The van der Waals surface area contributed by atoms with Crippen LogP contribution in [0.4, 0.5) is 11.4 Å². The number of nitrogens with one attached hydrogen (secondary N) is 4. The lowest BCUT2D eigenvalue weighted by Gasteiger charge is -2.26. The summed E-state index contributed by atoms with van der Waals surface area (Å²) in [4.78, 5) is 85.5. The summed E-state index contributed by atoms with van der Waals surface area (Å²) in [5.74, 6) is -2.58. The van der Waals surface area contributed by atoms with Gasteiger partial charge in [-0.15, -0.1) is 0 Å². The topological polar surface area (TPSA) is 261 Å². The van der Waals surface area contributed by atoms with Crippen LogP contribution in [0.5, 0.6) is 0 Å². The van der Waals surface area contributed by atoms with Crippen molar-refractivity contribution in [1.29, 1.82) is 0 Å². The predicted octanol–water partition coefficient (Wildman–Crippen LogP) is 7.30. The van der Waals surface area contributed by atoms with E-state index in [1.54, 1.807) is 24.3 Å². The molecule has 6 amide bonds. The highest BCUT2D eigenvalue weighted by molar-refractivity contribution is 6.04. The summed E-state index contributed by atoms with van der Waals surface area (Å²) in [5.41, 5.74) is 29.5. The van der Waals surface area contributed by atoms with Crippen molar-refractivity contribution in [3.05, 3.63) is 144 Å². The fourth-order valence-electron chi connectivity index (χ4n) is 8.63. The maximum atomic E-state index is 14.2. The number of nitrogens with two attached hydrogens (primary N) is 4. The first kappa shape index (κ1) is 58.6. The Kier molecular flexibility index (Phi) is 25.1. The van der Waals surface area contributed by atoms with Crippen LogP contribution in [0.3, 0.4) is 0 Å². The van der Waals surface area contributed by atoms with Gasteiger partial charge < -0.3 is 54.0 Å². The van der Waals surface area contributed by atoms with Gasteiger partial charge >= 0.3 is 0 Å². The normalized spacial score (nSPS) is 11.7. The third-order valence-corrected chi connectivity index (χ3v) is 12.7. The van der Waals surface area contributed by atoms with Crippen molar-refractivity contribution >= 4 is 46.8 Å². The standard InChI is InChI=1S/C59H78N10O6/c1-2-3-4-5-12-23-54(70)64-34-35-65-57(73)49-36-52(66-55(71)41-68(39-50(62)21-13-15-32-60)58(74)47-28-24-45(25-29-47)43-17-8-6-9-18-43)38-53(37-49)67-56(72)42-69(40-51(63)22-14-16-33-61)59(75)48-30-26-46(27-31-48)44-19-10-7-11-20-44/h6-11,17-20,24-31,36-38,50-51H,2-5,12-16,21-23,32-35,39-42,60-63H2,1H3,(H,64,70)(H,65,73)(H,66,71)(H,67,72)/t50-,51-/m0/s1. The second-order valence-electron chi connectivity index (χ2n) is 19.0. The molecule has 0 unspecified atom stereocenters. The van der Waals surface area contributed by atoms with Gasteiger partial charge in [-0.05, 0) is 110 Å². The van der Waals surface area contributed by atoms with Crippen LogP contribution < -0.4 is 44.2 Å². The Morgan fingerprint density at radius 2 is 0.893 bits per heavy atom. The Balaban J connectivity index is 1.36. The smallest absolute Gasteiger partial charge is 0.254 e. The molecule has 12 N–H and O–H groups in total. The number of hydrogen-bond donors (Lipinski definition) is 8. The number of carbonyl (C=O) groups is 6. The molecule has 0 fully saturated rings. The van der Waals surface area contributed by atoms with Gasteiger partial charge in [0.1, 0.15) is 13.1 Å². The van der Waals surface area contributed by atoms with Crippen LogP contribution in [0.2, 0.25) is 0 Å². The van der Waals surface area contributed by atoms with E-state index in [1.807, 2.05) is 84.9 Å². The number of carbonyl (C=O) groups excluding carboxylic acids is 6. The Hall–Kier alpha value is -7.24. The molecular formula is C59H78N10O6. The highest BCUT2D eigenvalue weighted by Crippen LogP contribution is 2.24. The molecule has 0 aliphatic heterocycles.